The molecule has 1 rings (SSSR count). The molecule has 0 aromatic heterocycles. The Bertz CT molecular complexity index is 395. The third kappa shape index (κ3) is 3.41. The molecule has 0 saturated heterocycles. The summed E-state index contributed by atoms with van der Waals surface area (Å²) in [6.45, 7) is 2.07. The summed E-state index contributed by atoms with van der Waals surface area (Å²) in [5.41, 5.74) is 0.766. The van der Waals surface area contributed by atoms with Gasteiger partial charge in [0, 0.05) is 12.2 Å². The molecule has 0 radical (unpaired) electrons. The van der Waals surface area contributed by atoms with Crippen LogP contribution in [0, 0.1) is 5.82 Å². The van der Waals surface area contributed by atoms with Crippen LogP contribution in [0.3, 0.4) is 0 Å². The Morgan fingerprint density at radius 2 is 2.06 bits per heavy atom. The maximum atomic E-state index is 13.8. The van der Waals surface area contributed by atoms with Crippen LogP contribution in [0.4, 0.5) is 17.6 Å². The highest BCUT2D eigenvalue weighted by Crippen LogP contribution is 2.33. The van der Waals surface area contributed by atoms with Gasteiger partial charge in [0.25, 0.3) is 0 Å². The number of alkyl halides is 3. The monoisotopic (exact) mass is 266 g/mol. The summed E-state index contributed by atoms with van der Waals surface area (Å²) in [6, 6.07) is 2.24. The summed E-state index contributed by atoms with van der Waals surface area (Å²) in [5, 5.41) is 0. The minimum atomic E-state index is -4.73. The molecular weight excluding hydrogens is 252 g/mol. The number of hydrazine groups is 1. The molecule has 102 valence electrons. The van der Waals surface area contributed by atoms with Gasteiger partial charge in [-0.1, -0.05) is 12.1 Å². The summed E-state index contributed by atoms with van der Waals surface area (Å²) in [6.07, 6.45) is -4.73. The second-order valence-electron chi connectivity index (χ2n) is 3.59. The van der Waals surface area contributed by atoms with Gasteiger partial charge in [-0.25, -0.2) is 4.39 Å². The Morgan fingerprint density at radius 3 is 2.56 bits per heavy atom. The first kappa shape index (κ1) is 14.9. The van der Waals surface area contributed by atoms with Crippen molar-refractivity contribution in [2.45, 2.75) is 19.1 Å². The fourth-order valence-corrected chi connectivity index (χ4v) is 1.50. The molecule has 18 heavy (non-hydrogen) atoms. The lowest BCUT2D eigenvalue weighted by Gasteiger charge is -2.18. The number of halogens is 4. The highest BCUT2D eigenvalue weighted by Gasteiger charge is 2.35. The molecule has 0 aliphatic heterocycles. The van der Waals surface area contributed by atoms with Crippen molar-refractivity contribution in [3.8, 4) is 0 Å². The van der Waals surface area contributed by atoms with E-state index >= 15 is 0 Å². The van der Waals surface area contributed by atoms with Crippen molar-refractivity contribution in [2.24, 2.45) is 5.84 Å². The number of ether oxygens (including phenoxy) is 1. The SMILES string of the molecule is CCOCC(NN)c1cccc(C(F)(F)F)c1F. The van der Waals surface area contributed by atoms with E-state index in [0.717, 1.165) is 6.07 Å². The number of nitrogens with two attached hydrogens (primary N) is 1. The Labute approximate surface area is 102 Å². The Hall–Kier alpha value is -1.18. The summed E-state index contributed by atoms with van der Waals surface area (Å²) in [7, 11) is 0. The van der Waals surface area contributed by atoms with Crippen molar-refractivity contribution in [1.29, 1.82) is 0 Å². The van der Waals surface area contributed by atoms with Crippen LogP contribution < -0.4 is 11.3 Å². The lowest BCUT2D eigenvalue weighted by molar-refractivity contribution is -0.140. The quantitative estimate of drug-likeness (QED) is 0.488. The van der Waals surface area contributed by atoms with Crippen LogP contribution in [0.2, 0.25) is 0 Å². The number of nitrogens with one attached hydrogen (secondary N) is 1. The van der Waals surface area contributed by atoms with E-state index in [-0.39, 0.29) is 12.2 Å². The Morgan fingerprint density at radius 1 is 1.39 bits per heavy atom. The second kappa shape index (κ2) is 6.12. The molecule has 1 aromatic carbocycles. The van der Waals surface area contributed by atoms with Gasteiger partial charge in [0.1, 0.15) is 5.82 Å². The fraction of sp³-hybridized carbons (Fsp3) is 0.455. The van der Waals surface area contributed by atoms with Gasteiger partial charge in [-0.05, 0) is 13.0 Å². The van der Waals surface area contributed by atoms with Crippen LogP contribution in [-0.2, 0) is 10.9 Å². The molecule has 0 aliphatic rings. The molecule has 3 nitrogen and oxygen atoms in total. The third-order valence-corrected chi connectivity index (χ3v) is 2.40. The van der Waals surface area contributed by atoms with Gasteiger partial charge in [-0.15, -0.1) is 0 Å². The van der Waals surface area contributed by atoms with Gasteiger partial charge in [-0.3, -0.25) is 11.3 Å². The van der Waals surface area contributed by atoms with Crippen LogP contribution in [0.15, 0.2) is 18.2 Å². The number of rotatable bonds is 5. The van der Waals surface area contributed by atoms with Crippen molar-refractivity contribution in [3.63, 3.8) is 0 Å². The van der Waals surface area contributed by atoms with Crippen molar-refractivity contribution in [2.75, 3.05) is 13.2 Å². The minimum absolute atomic E-state index is 0.00870. The van der Waals surface area contributed by atoms with E-state index < -0.39 is 23.6 Å². The molecule has 3 N–H and O–H groups in total. The Balaban J connectivity index is 3.08. The zero-order valence-corrected chi connectivity index (χ0v) is 9.72. The lowest BCUT2D eigenvalue weighted by Crippen LogP contribution is -2.32. The van der Waals surface area contributed by atoms with Gasteiger partial charge in [0.15, 0.2) is 0 Å². The van der Waals surface area contributed by atoms with E-state index in [1.54, 1.807) is 6.92 Å². The van der Waals surface area contributed by atoms with Crippen LogP contribution in [-0.4, -0.2) is 13.2 Å². The average Bonchev–Trinajstić information content (AvgIpc) is 2.30. The number of benzene rings is 1. The molecule has 7 heteroatoms. The van der Waals surface area contributed by atoms with E-state index in [9.17, 15) is 17.6 Å². The molecule has 0 spiro atoms. The molecular formula is C11H14F4N2O. The molecule has 1 unspecified atom stereocenters. The number of hydrogen-bond acceptors (Lipinski definition) is 3. The van der Waals surface area contributed by atoms with Crippen molar-refractivity contribution in [3.05, 3.63) is 35.1 Å². The van der Waals surface area contributed by atoms with Crippen LogP contribution >= 0.6 is 0 Å². The zero-order chi connectivity index (χ0) is 13.8. The van der Waals surface area contributed by atoms with Gasteiger partial charge >= 0.3 is 6.18 Å². The molecule has 0 amide bonds. The first-order chi connectivity index (χ1) is 8.41. The van der Waals surface area contributed by atoms with Gasteiger partial charge in [-0.2, -0.15) is 13.2 Å². The second-order valence-corrected chi connectivity index (χ2v) is 3.59. The van der Waals surface area contributed by atoms with E-state index in [1.807, 2.05) is 0 Å². The van der Waals surface area contributed by atoms with Gasteiger partial charge < -0.3 is 4.74 Å². The average molecular weight is 266 g/mol. The van der Waals surface area contributed by atoms with Crippen molar-refractivity contribution in [1.82, 2.24) is 5.43 Å². The smallest absolute Gasteiger partial charge is 0.380 e. The third-order valence-electron chi connectivity index (χ3n) is 2.40. The fourth-order valence-electron chi connectivity index (χ4n) is 1.50. The summed E-state index contributed by atoms with van der Waals surface area (Å²) in [4.78, 5) is 0. The highest BCUT2D eigenvalue weighted by molar-refractivity contribution is 5.30. The maximum absolute atomic E-state index is 13.8. The van der Waals surface area contributed by atoms with E-state index in [1.165, 1.54) is 6.07 Å². The maximum Gasteiger partial charge on any atom is 0.419 e. The summed E-state index contributed by atoms with van der Waals surface area (Å²) >= 11 is 0. The van der Waals surface area contributed by atoms with Crippen LogP contribution in [0.5, 0.6) is 0 Å². The largest absolute Gasteiger partial charge is 0.419 e. The molecule has 0 heterocycles. The van der Waals surface area contributed by atoms with Gasteiger partial charge in [0.2, 0.25) is 0 Å². The van der Waals surface area contributed by atoms with E-state index in [0.29, 0.717) is 12.7 Å². The normalized spacial score (nSPS) is 13.7. The number of hydrogen-bond donors (Lipinski definition) is 2. The van der Waals surface area contributed by atoms with Crippen LogP contribution in [0.1, 0.15) is 24.1 Å². The van der Waals surface area contributed by atoms with Crippen LogP contribution in [0.25, 0.3) is 0 Å². The summed E-state index contributed by atoms with van der Waals surface area (Å²) < 4.78 is 56.4. The molecule has 0 fully saturated rings. The van der Waals surface area contributed by atoms with E-state index in [2.05, 4.69) is 5.43 Å². The molecule has 1 atom stereocenters. The van der Waals surface area contributed by atoms with Gasteiger partial charge in [0.05, 0.1) is 18.2 Å². The first-order valence-electron chi connectivity index (χ1n) is 5.31. The minimum Gasteiger partial charge on any atom is -0.380 e. The molecule has 1 aromatic rings. The topological polar surface area (TPSA) is 47.3 Å². The van der Waals surface area contributed by atoms with Crippen molar-refractivity contribution >= 4 is 0 Å². The lowest BCUT2D eigenvalue weighted by atomic mass is 10.0. The molecule has 0 aliphatic carbocycles. The standard InChI is InChI=1S/C11H14F4N2O/c1-2-18-6-9(17-16)7-4-3-5-8(10(7)12)11(13,14)15/h3-5,9,17H,2,6,16H2,1H3. The zero-order valence-electron chi connectivity index (χ0n) is 9.72. The predicted molar refractivity (Wildman–Crippen MR) is 58.0 cm³/mol. The first-order valence-corrected chi connectivity index (χ1v) is 5.31. The Kier molecular flexibility index (Phi) is 5.06. The molecule has 0 saturated carbocycles. The van der Waals surface area contributed by atoms with E-state index in [4.69, 9.17) is 10.6 Å². The predicted octanol–water partition coefficient (Wildman–Crippen LogP) is 2.39. The molecule has 0 bridgehead atoms. The highest BCUT2D eigenvalue weighted by atomic mass is 19.4. The summed E-state index contributed by atoms with van der Waals surface area (Å²) in [5.74, 6) is 3.87. The van der Waals surface area contributed by atoms with Crippen molar-refractivity contribution < 1.29 is 22.3 Å².